The second kappa shape index (κ2) is 11.2. The summed E-state index contributed by atoms with van der Waals surface area (Å²) in [5.74, 6) is 0. The van der Waals surface area contributed by atoms with E-state index in [1.807, 2.05) is 39.1 Å². The molecule has 0 fully saturated rings. The number of fused-ring (bicyclic) bond motifs is 2. The average Bonchev–Trinajstić information content (AvgIpc) is 3.57. The molecule has 1 aliphatic heterocycles. The molecule has 3 aromatic heterocycles. The van der Waals surface area contributed by atoms with E-state index in [9.17, 15) is 4.79 Å². The Morgan fingerprint density at radius 3 is 2.76 bits per heavy atom. The number of aromatic nitrogens is 3. The zero-order chi connectivity index (χ0) is 28.4. The van der Waals surface area contributed by atoms with Crippen LogP contribution in [-0.4, -0.2) is 51.2 Å². The van der Waals surface area contributed by atoms with Gasteiger partial charge in [0, 0.05) is 42.6 Å². The highest BCUT2D eigenvalue weighted by Crippen LogP contribution is 2.33. The molecule has 1 amide bonds. The molecule has 1 aliphatic rings. The maximum absolute atomic E-state index is 12.4. The first kappa shape index (κ1) is 26.8. The third kappa shape index (κ3) is 6.36. The van der Waals surface area contributed by atoms with Gasteiger partial charge in [0.25, 0.3) is 0 Å². The molecule has 2 aromatic carbocycles. The average molecular weight is 567 g/mol. The molecule has 210 valence electrons. The molecule has 3 N–H and O–H groups in total. The fraction of sp³-hybridized carbons (Fsp3) is 0.281. The van der Waals surface area contributed by atoms with Gasteiger partial charge in [-0.05, 0) is 75.1 Å². The summed E-state index contributed by atoms with van der Waals surface area (Å²) in [5, 5.41) is 9.00. The molecule has 0 aliphatic carbocycles. The van der Waals surface area contributed by atoms with Gasteiger partial charge >= 0.3 is 6.09 Å². The minimum Gasteiger partial charge on any atom is -0.444 e. The molecular weight excluding hydrogens is 532 g/mol. The summed E-state index contributed by atoms with van der Waals surface area (Å²) < 4.78 is 6.65. The van der Waals surface area contributed by atoms with Crippen LogP contribution in [-0.2, 0) is 11.2 Å². The Balaban J connectivity index is 1.14. The number of amides is 1. The van der Waals surface area contributed by atoms with Gasteiger partial charge in [-0.2, -0.15) is 0 Å². The molecule has 6 rings (SSSR count). The Bertz CT molecular complexity index is 1720. The molecule has 0 unspecified atom stereocenters. The van der Waals surface area contributed by atoms with E-state index in [1.165, 1.54) is 11.1 Å². The summed E-state index contributed by atoms with van der Waals surface area (Å²) in [6.07, 6.45) is 5.34. The first-order chi connectivity index (χ1) is 19.8. The van der Waals surface area contributed by atoms with Gasteiger partial charge in [-0.1, -0.05) is 47.7 Å². The number of nitrogens with one attached hydrogen (secondary N) is 3. The van der Waals surface area contributed by atoms with E-state index in [0.29, 0.717) is 13.1 Å². The molecule has 41 heavy (non-hydrogen) atoms. The van der Waals surface area contributed by atoms with E-state index < -0.39 is 5.60 Å². The van der Waals surface area contributed by atoms with E-state index in [2.05, 4.69) is 75.2 Å². The van der Waals surface area contributed by atoms with Crippen molar-refractivity contribution in [2.75, 3.05) is 30.3 Å². The summed E-state index contributed by atoms with van der Waals surface area (Å²) in [6, 6.07) is 20.9. The van der Waals surface area contributed by atoms with Crippen molar-refractivity contribution in [3.8, 4) is 0 Å². The van der Waals surface area contributed by atoms with Gasteiger partial charge in [0.2, 0.25) is 0 Å². The maximum atomic E-state index is 12.4. The standard InChI is InChI=1S/C32H34N6O2S/c1-32(2,3)40-31(39)38-17-13-22(14-18-38)27-20-24-25(12-16-33-29(24)36-27)35-23-9-10-26-28(19-23)41-30(37-26)34-15-11-21-7-5-4-6-8-21/h4-10,12-13,16,19-20H,11,14-15,17-18H2,1-3H3,(H,34,37)(H2,33,35,36). The summed E-state index contributed by atoms with van der Waals surface area (Å²) in [7, 11) is 0. The number of hydrogen-bond donors (Lipinski definition) is 3. The molecule has 8 nitrogen and oxygen atoms in total. The van der Waals surface area contributed by atoms with Crippen LogP contribution >= 0.6 is 11.3 Å². The highest BCUT2D eigenvalue weighted by atomic mass is 32.1. The first-order valence-electron chi connectivity index (χ1n) is 13.9. The number of anilines is 3. The summed E-state index contributed by atoms with van der Waals surface area (Å²) in [6.45, 7) is 7.64. The highest BCUT2D eigenvalue weighted by molar-refractivity contribution is 7.22. The van der Waals surface area contributed by atoms with Crippen molar-refractivity contribution in [1.82, 2.24) is 19.9 Å². The quantitative estimate of drug-likeness (QED) is 0.188. The molecule has 0 radical (unpaired) electrons. The molecule has 0 atom stereocenters. The molecule has 0 bridgehead atoms. The minimum atomic E-state index is -0.500. The number of benzene rings is 2. The molecule has 4 heterocycles. The number of rotatable bonds is 7. The van der Waals surface area contributed by atoms with Gasteiger partial charge in [-0.3, -0.25) is 0 Å². The monoisotopic (exact) mass is 566 g/mol. The van der Waals surface area contributed by atoms with Gasteiger partial charge in [0.15, 0.2) is 5.13 Å². The van der Waals surface area contributed by atoms with Gasteiger partial charge in [0.1, 0.15) is 11.2 Å². The van der Waals surface area contributed by atoms with E-state index in [0.717, 1.165) is 62.8 Å². The molecule has 5 aromatic rings. The zero-order valence-electron chi connectivity index (χ0n) is 23.5. The molecule has 0 saturated carbocycles. The van der Waals surface area contributed by atoms with Crippen LogP contribution < -0.4 is 10.6 Å². The first-order valence-corrected chi connectivity index (χ1v) is 14.7. The van der Waals surface area contributed by atoms with E-state index in [1.54, 1.807) is 16.2 Å². The van der Waals surface area contributed by atoms with Crippen molar-refractivity contribution in [2.24, 2.45) is 0 Å². The smallest absolute Gasteiger partial charge is 0.410 e. The Labute approximate surface area is 243 Å². The van der Waals surface area contributed by atoms with Crippen LogP contribution in [0.5, 0.6) is 0 Å². The van der Waals surface area contributed by atoms with E-state index in [4.69, 9.17) is 9.72 Å². The topological polar surface area (TPSA) is 95.2 Å². The van der Waals surface area contributed by atoms with Crippen LogP contribution in [0.3, 0.4) is 0 Å². The second-order valence-electron chi connectivity index (χ2n) is 11.2. The number of carbonyl (C=O) groups excluding carboxylic acids is 1. The SMILES string of the molecule is CC(C)(C)OC(=O)N1CC=C(c2cc3c(Nc4ccc5nc(NCCc6ccccc6)sc5c4)ccnc3[nH]2)CC1. The third-order valence-electron chi connectivity index (χ3n) is 6.94. The predicted molar refractivity (Wildman–Crippen MR) is 168 cm³/mol. The molecule has 0 spiro atoms. The Kier molecular flexibility index (Phi) is 7.36. The summed E-state index contributed by atoms with van der Waals surface area (Å²) >= 11 is 1.66. The van der Waals surface area contributed by atoms with Crippen molar-refractivity contribution in [2.45, 2.75) is 39.2 Å². The van der Waals surface area contributed by atoms with Crippen LogP contribution in [0.25, 0.3) is 26.8 Å². The van der Waals surface area contributed by atoms with Gasteiger partial charge in [-0.25, -0.2) is 14.8 Å². The number of carbonyl (C=O) groups is 1. The van der Waals surface area contributed by atoms with Crippen molar-refractivity contribution in [3.05, 3.63) is 84.2 Å². The van der Waals surface area contributed by atoms with Crippen LogP contribution in [0.1, 0.15) is 38.4 Å². The van der Waals surface area contributed by atoms with Crippen molar-refractivity contribution in [1.29, 1.82) is 0 Å². The Morgan fingerprint density at radius 2 is 1.98 bits per heavy atom. The van der Waals surface area contributed by atoms with Gasteiger partial charge in [0.05, 0.1) is 15.9 Å². The Morgan fingerprint density at radius 1 is 1.12 bits per heavy atom. The lowest BCUT2D eigenvalue weighted by Gasteiger charge is -2.29. The lowest BCUT2D eigenvalue weighted by molar-refractivity contribution is 0.0270. The molecule has 9 heteroatoms. The number of thiazole rings is 1. The Hall–Kier alpha value is -4.37. The lowest BCUT2D eigenvalue weighted by Crippen LogP contribution is -2.39. The van der Waals surface area contributed by atoms with Gasteiger partial charge < -0.3 is 25.3 Å². The fourth-order valence-electron chi connectivity index (χ4n) is 4.91. The van der Waals surface area contributed by atoms with Crippen LogP contribution in [0.4, 0.5) is 21.3 Å². The predicted octanol–water partition coefficient (Wildman–Crippen LogP) is 7.60. The molecular formula is C32H34N6O2S. The second-order valence-corrected chi connectivity index (χ2v) is 12.2. The van der Waals surface area contributed by atoms with E-state index in [-0.39, 0.29) is 6.09 Å². The summed E-state index contributed by atoms with van der Waals surface area (Å²) in [5.41, 5.74) is 6.79. The number of aromatic amines is 1. The number of pyridine rings is 1. The molecule has 0 saturated heterocycles. The van der Waals surface area contributed by atoms with Crippen molar-refractivity contribution in [3.63, 3.8) is 0 Å². The number of nitrogens with zero attached hydrogens (tertiary/aromatic N) is 3. The fourth-order valence-corrected chi connectivity index (χ4v) is 5.84. The van der Waals surface area contributed by atoms with Crippen LogP contribution in [0.2, 0.25) is 0 Å². The highest BCUT2D eigenvalue weighted by Gasteiger charge is 2.24. The van der Waals surface area contributed by atoms with Crippen LogP contribution in [0, 0.1) is 0 Å². The summed E-state index contributed by atoms with van der Waals surface area (Å²) in [4.78, 5) is 27.0. The van der Waals surface area contributed by atoms with Crippen molar-refractivity contribution < 1.29 is 9.53 Å². The zero-order valence-corrected chi connectivity index (χ0v) is 24.3. The minimum absolute atomic E-state index is 0.273. The third-order valence-corrected chi connectivity index (χ3v) is 7.91. The lowest BCUT2D eigenvalue weighted by atomic mass is 10.0. The van der Waals surface area contributed by atoms with Crippen LogP contribution in [0.15, 0.2) is 72.9 Å². The number of ether oxygens (including phenoxy) is 1. The number of H-pyrrole nitrogens is 1. The number of hydrogen-bond acceptors (Lipinski definition) is 7. The van der Waals surface area contributed by atoms with Crippen molar-refractivity contribution >= 4 is 60.8 Å². The normalized spacial score (nSPS) is 13.8. The van der Waals surface area contributed by atoms with Gasteiger partial charge in [-0.15, -0.1) is 0 Å². The maximum Gasteiger partial charge on any atom is 0.410 e. The van der Waals surface area contributed by atoms with E-state index >= 15 is 0 Å². The largest absolute Gasteiger partial charge is 0.444 e.